The van der Waals surface area contributed by atoms with Gasteiger partial charge in [0.05, 0.1) is 10.2 Å². The average molecular weight is 337 g/mol. The third kappa shape index (κ3) is 4.47. The van der Waals surface area contributed by atoms with Crippen molar-refractivity contribution < 1.29 is 23.5 Å². The van der Waals surface area contributed by atoms with Gasteiger partial charge in [0.1, 0.15) is 17.7 Å². The van der Waals surface area contributed by atoms with Gasteiger partial charge in [-0.1, -0.05) is 0 Å². The minimum atomic E-state index is -1.28. The molecule has 0 radical (unpaired) electrons. The Bertz CT molecular complexity index is 511. The van der Waals surface area contributed by atoms with Crippen LogP contribution in [0.15, 0.2) is 16.6 Å². The summed E-state index contributed by atoms with van der Waals surface area (Å²) in [6, 6.07) is 0.585. The minimum absolute atomic E-state index is 0.0350. The van der Waals surface area contributed by atoms with Crippen LogP contribution >= 0.6 is 15.9 Å². The maximum absolute atomic E-state index is 13.5. The highest BCUT2D eigenvalue weighted by molar-refractivity contribution is 9.10. The molecule has 0 heterocycles. The average Bonchev–Trinajstić information content (AvgIpc) is 2.29. The van der Waals surface area contributed by atoms with Crippen LogP contribution in [0.4, 0.5) is 14.5 Å². The zero-order chi connectivity index (χ0) is 14.6. The highest BCUT2D eigenvalue weighted by Gasteiger charge is 2.19. The van der Waals surface area contributed by atoms with Crippen LogP contribution in [-0.2, 0) is 9.59 Å². The van der Waals surface area contributed by atoms with Crippen molar-refractivity contribution in [2.75, 3.05) is 11.9 Å². The molecule has 0 aliphatic carbocycles. The van der Waals surface area contributed by atoms with E-state index in [1.807, 2.05) is 0 Å². The Morgan fingerprint density at radius 1 is 1.37 bits per heavy atom. The summed E-state index contributed by atoms with van der Waals surface area (Å²) in [4.78, 5) is 21.6. The van der Waals surface area contributed by atoms with Crippen molar-refractivity contribution in [2.45, 2.75) is 13.0 Å². The van der Waals surface area contributed by atoms with E-state index in [0.29, 0.717) is 0 Å². The van der Waals surface area contributed by atoms with Gasteiger partial charge in [0, 0.05) is 19.5 Å². The third-order valence-electron chi connectivity index (χ3n) is 2.18. The normalized spacial score (nSPS) is 11.8. The zero-order valence-electron chi connectivity index (χ0n) is 9.84. The smallest absolute Gasteiger partial charge is 0.328 e. The number of hydrogen-bond acceptors (Lipinski definition) is 3. The first kappa shape index (κ1) is 15.4. The van der Waals surface area contributed by atoms with Crippen molar-refractivity contribution in [2.24, 2.45) is 0 Å². The fraction of sp³-hybridized carbons (Fsp3) is 0.273. The predicted octanol–water partition coefficient (Wildman–Crippen LogP) is 1.73. The predicted molar refractivity (Wildman–Crippen MR) is 67.8 cm³/mol. The molecular formula is C11H11BrF2N2O3. The van der Waals surface area contributed by atoms with E-state index in [1.165, 1.54) is 0 Å². The van der Waals surface area contributed by atoms with Gasteiger partial charge < -0.3 is 15.7 Å². The topological polar surface area (TPSA) is 78.4 Å². The van der Waals surface area contributed by atoms with Crippen molar-refractivity contribution in [3.8, 4) is 0 Å². The summed E-state index contributed by atoms with van der Waals surface area (Å²) in [5, 5.41) is 13.4. The number of hydrogen-bond donors (Lipinski definition) is 3. The Labute approximate surface area is 116 Å². The van der Waals surface area contributed by atoms with Gasteiger partial charge in [-0.3, -0.25) is 4.79 Å². The van der Waals surface area contributed by atoms with E-state index < -0.39 is 29.6 Å². The molecule has 1 atom stereocenters. The molecule has 19 heavy (non-hydrogen) atoms. The van der Waals surface area contributed by atoms with Crippen molar-refractivity contribution in [1.29, 1.82) is 0 Å². The van der Waals surface area contributed by atoms with Crippen LogP contribution < -0.4 is 10.6 Å². The van der Waals surface area contributed by atoms with Crippen molar-refractivity contribution >= 4 is 33.5 Å². The lowest BCUT2D eigenvalue weighted by atomic mass is 10.2. The maximum Gasteiger partial charge on any atom is 0.328 e. The lowest BCUT2D eigenvalue weighted by Crippen LogP contribution is -2.44. The number of rotatable bonds is 5. The van der Waals surface area contributed by atoms with Gasteiger partial charge in [0.15, 0.2) is 0 Å². The summed E-state index contributed by atoms with van der Waals surface area (Å²) >= 11 is 2.82. The molecule has 1 aromatic carbocycles. The van der Waals surface area contributed by atoms with Crippen LogP contribution in [-0.4, -0.2) is 29.6 Å². The largest absolute Gasteiger partial charge is 0.480 e. The van der Waals surface area contributed by atoms with Gasteiger partial charge in [0.2, 0.25) is 5.91 Å². The Kier molecular flexibility index (Phi) is 5.22. The van der Waals surface area contributed by atoms with E-state index in [9.17, 15) is 18.4 Å². The highest BCUT2D eigenvalue weighted by Crippen LogP contribution is 2.23. The molecule has 0 saturated heterocycles. The number of nitrogens with one attached hydrogen (secondary N) is 2. The number of benzene rings is 1. The zero-order valence-corrected chi connectivity index (χ0v) is 11.4. The molecule has 3 N–H and O–H groups in total. The van der Waals surface area contributed by atoms with Crippen LogP contribution in [0.25, 0.3) is 0 Å². The Hall–Kier alpha value is -1.70. The summed E-state index contributed by atoms with van der Waals surface area (Å²) in [6.45, 7) is 0.892. The first-order valence-electron chi connectivity index (χ1n) is 5.19. The molecule has 0 aromatic heterocycles. The number of aliphatic carboxylic acids is 1. The SMILES string of the molecule is CC(=O)NC(CNc1cc(F)c(Br)cc1F)C(=O)O. The van der Waals surface area contributed by atoms with Crippen LogP contribution in [0.3, 0.4) is 0 Å². The van der Waals surface area contributed by atoms with Crippen LogP contribution in [0.2, 0.25) is 0 Å². The molecular weight excluding hydrogens is 326 g/mol. The van der Waals surface area contributed by atoms with E-state index in [1.54, 1.807) is 0 Å². The maximum atomic E-state index is 13.5. The number of carboxylic acids is 1. The molecule has 5 nitrogen and oxygen atoms in total. The van der Waals surface area contributed by atoms with Gasteiger partial charge >= 0.3 is 5.97 Å². The second kappa shape index (κ2) is 6.46. The lowest BCUT2D eigenvalue weighted by molar-refractivity contribution is -0.141. The number of carbonyl (C=O) groups is 2. The molecule has 0 spiro atoms. The number of carbonyl (C=O) groups excluding carboxylic acids is 1. The quantitative estimate of drug-likeness (QED) is 0.715. The molecule has 0 fully saturated rings. The Balaban J connectivity index is 2.77. The fourth-order valence-electron chi connectivity index (χ4n) is 1.32. The van der Waals surface area contributed by atoms with Gasteiger partial charge in [-0.05, 0) is 22.0 Å². The Morgan fingerprint density at radius 2 is 2.00 bits per heavy atom. The second-order valence-corrected chi connectivity index (χ2v) is 4.57. The summed E-state index contributed by atoms with van der Waals surface area (Å²) < 4.78 is 26.6. The second-order valence-electron chi connectivity index (χ2n) is 3.72. The first-order chi connectivity index (χ1) is 8.81. The number of anilines is 1. The lowest BCUT2D eigenvalue weighted by Gasteiger charge is -2.15. The van der Waals surface area contributed by atoms with Gasteiger partial charge in [-0.2, -0.15) is 0 Å². The monoisotopic (exact) mass is 336 g/mol. The summed E-state index contributed by atoms with van der Waals surface area (Å²) in [5.41, 5.74) is -0.183. The van der Waals surface area contributed by atoms with Crippen molar-refractivity contribution in [3.05, 3.63) is 28.2 Å². The molecule has 8 heteroatoms. The van der Waals surface area contributed by atoms with E-state index >= 15 is 0 Å². The third-order valence-corrected chi connectivity index (χ3v) is 2.79. The van der Waals surface area contributed by atoms with E-state index in [-0.39, 0.29) is 16.7 Å². The Morgan fingerprint density at radius 3 is 2.53 bits per heavy atom. The molecule has 0 aliphatic heterocycles. The van der Waals surface area contributed by atoms with Gasteiger partial charge in [-0.25, -0.2) is 13.6 Å². The van der Waals surface area contributed by atoms with E-state index in [0.717, 1.165) is 19.1 Å². The molecule has 0 bridgehead atoms. The van der Waals surface area contributed by atoms with E-state index in [2.05, 4.69) is 26.6 Å². The van der Waals surface area contributed by atoms with Gasteiger partial charge in [0.25, 0.3) is 0 Å². The van der Waals surface area contributed by atoms with Crippen LogP contribution in [0.1, 0.15) is 6.92 Å². The highest BCUT2D eigenvalue weighted by atomic mass is 79.9. The van der Waals surface area contributed by atoms with Gasteiger partial charge in [-0.15, -0.1) is 0 Å². The number of amides is 1. The van der Waals surface area contributed by atoms with Crippen molar-refractivity contribution in [1.82, 2.24) is 5.32 Å². The molecule has 1 unspecified atom stereocenters. The first-order valence-corrected chi connectivity index (χ1v) is 5.99. The summed E-state index contributed by atoms with van der Waals surface area (Å²) in [5.74, 6) is -3.23. The molecule has 1 rings (SSSR count). The van der Waals surface area contributed by atoms with Crippen molar-refractivity contribution in [3.63, 3.8) is 0 Å². The fourth-order valence-corrected chi connectivity index (χ4v) is 1.63. The number of halogens is 3. The molecule has 0 saturated carbocycles. The molecule has 104 valence electrons. The number of carboxylic acid groups (broad SMARTS) is 1. The summed E-state index contributed by atoms with van der Waals surface area (Å²) in [7, 11) is 0. The summed E-state index contributed by atoms with van der Waals surface area (Å²) in [6.07, 6.45) is 0. The molecule has 1 aromatic rings. The molecule has 0 aliphatic rings. The minimum Gasteiger partial charge on any atom is -0.480 e. The molecule has 1 amide bonds. The van der Waals surface area contributed by atoms with E-state index in [4.69, 9.17) is 5.11 Å². The van der Waals surface area contributed by atoms with Crippen LogP contribution in [0.5, 0.6) is 0 Å². The van der Waals surface area contributed by atoms with Crippen LogP contribution in [0, 0.1) is 11.6 Å². The standard InChI is InChI=1S/C11H11BrF2N2O3/c1-5(17)16-10(11(18)19)4-15-9-3-7(13)6(12)2-8(9)14/h2-3,10,15H,4H2,1H3,(H,16,17)(H,18,19).